The highest BCUT2D eigenvalue weighted by Crippen LogP contribution is 2.38. The third kappa shape index (κ3) is 4.39. The number of anilines is 1. The van der Waals surface area contributed by atoms with Gasteiger partial charge in [-0.15, -0.1) is 0 Å². The maximum absolute atomic E-state index is 12.9. The number of nitrogens with zero attached hydrogens (tertiary/aromatic N) is 3. The van der Waals surface area contributed by atoms with Crippen molar-refractivity contribution < 1.29 is 23.1 Å². The van der Waals surface area contributed by atoms with Crippen molar-refractivity contribution in [2.24, 2.45) is 4.99 Å². The number of phenols is 1. The number of pyridine rings is 1. The molecule has 160 valence electrons. The van der Waals surface area contributed by atoms with Gasteiger partial charge in [-0.25, -0.2) is 4.98 Å². The van der Waals surface area contributed by atoms with Crippen LogP contribution in [0.3, 0.4) is 0 Å². The number of piperidine rings is 1. The van der Waals surface area contributed by atoms with Crippen molar-refractivity contribution in [1.29, 1.82) is 0 Å². The SMILES string of the molecule is CC(=N[C@H]1CCC(=O)N(C)C1)c1ccc(-c2c(C)cc(C(F)(F)F)cc2O)nc1N. The fourth-order valence-corrected chi connectivity index (χ4v) is 3.62. The molecule has 3 N–H and O–H groups in total. The molecule has 30 heavy (non-hydrogen) atoms. The second kappa shape index (κ2) is 7.97. The Hall–Kier alpha value is -3.10. The van der Waals surface area contributed by atoms with E-state index in [1.165, 1.54) is 6.92 Å². The number of aliphatic imine (C=N–C) groups is 1. The van der Waals surface area contributed by atoms with Crippen molar-refractivity contribution in [3.8, 4) is 17.0 Å². The van der Waals surface area contributed by atoms with Crippen LogP contribution < -0.4 is 5.73 Å². The van der Waals surface area contributed by atoms with Crippen molar-refractivity contribution >= 4 is 17.4 Å². The standard InChI is InChI=1S/C21H23F3N4O2/c1-11-8-13(21(22,23)24)9-17(29)19(11)16-6-5-15(20(25)27-16)12(2)26-14-4-7-18(30)28(3)10-14/h5-6,8-9,14,29H,4,7,10H2,1-3H3,(H2,25,27)/t14-/m0/s1. The first-order valence-electron chi connectivity index (χ1n) is 9.43. The number of aromatic nitrogens is 1. The van der Waals surface area contributed by atoms with E-state index in [0.717, 1.165) is 6.07 Å². The lowest BCUT2D eigenvalue weighted by Gasteiger charge is -2.27. The molecule has 0 spiro atoms. The molecule has 1 fully saturated rings. The molecule has 1 aliphatic heterocycles. The van der Waals surface area contributed by atoms with Gasteiger partial charge in [-0.3, -0.25) is 9.79 Å². The number of nitrogen functional groups attached to an aromatic ring is 1. The van der Waals surface area contributed by atoms with E-state index in [1.54, 1.807) is 31.0 Å². The minimum Gasteiger partial charge on any atom is -0.507 e. The number of alkyl halides is 3. The number of likely N-dealkylation sites (N-methyl/N-ethyl adjacent to an activating group) is 1. The predicted molar refractivity (Wildman–Crippen MR) is 108 cm³/mol. The summed E-state index contributed by atoms with van der Waals surface area (Å²) in [5, 5.41) is 10.2. The quantitative estimate of drug-likeness (QED) is 0.739. The number of nitrogens with two attached hydrogens (primary N) is 1. The van der Waals surface area contributed by atoms with Gasteiger partial charge < -0.3 is 15.7 Å². The fraction of sp³-hybridized carbons (Fsp3) is 0.381. The summed E-state index contributed by atoms with van der Waals surface area (Å²) in [6, 6.07) is 4.89. The van der Waals surface area contributed by atoms with Crippen LogP contribution in [0.25, 0.3) is 11.3 Å². The Morgan fingerprint density at radius 1 is 1.33 bits per heavy atom. The molecule has 1 atom stereocenters. The molecule has 0 radical (unpaired) electrons. The molecule has 0 bridgehead atoms. The highest BCUT2D eigenvalue weighted by atomic mass is 19.4. The Balaban J connectivity index is 1.91. The van der Waals surface area contributed by atoms with Crippen molar-refractivity contribution in [2.45, 2.75) is 38.9 Å². The Kier molecular flexibility index (Phi) is 5.74. The van der Waals surface area contributed by atoms with Gasteiger partial charge in [0.15, 0.2) is 0 Å². The average molecular weight is 420 g/mol. The van der Waals surface area contributed by atoms with Crippen LogP contribution in [0.15, 0.2) is 29.3 Å². The number of benzene rings is 1. The third-order valence-corrected chi connectivity index (χ3v) is 5.19. The number of aryl methyl sites for hydroxylation is 1. The van der Waals surface area contributed by atoms with E-state index in [-0.39, 0.29) is 34.6 Å². The van der Waals surface area contributed by atoms with Gasteiger partial charge in [0, 0.05) is 36.9 Å². The van der Waals surface area contributed by atoms with Crippen molar-refractivity contribution in [2.75, 3.05) is 19.3 Å². The molecule has 1 saturated heterocycles. The minimum absolute atomic E-state index is 0.0343. The second-order valence-corrected chi connectivity index (χ2v) is 7.50. The maximum Gasteiger partial charge on any atom is 0.416 e. The zero-order valence-electron chi connectivity index (χ0n) is 16.9. The molecule has 0 saturated carbocycles. The molecule has 1 aromatic carbocycles. The number of hydrogen-bond donors (Lipinski definition) is 2. The lowest BCUT2D eigenvalue weighted by Crippen LogP contribution is -2.39. The van der Waals surface area contributed by atoms with Crippen LogP contribution in [0, 0.1) is 6.92 Å². The summed E-state index contributed by atoms with van der Waals surface area (Å²) in [5.74, 6) is -0.258. The molecule has 6 nitrogen and oxygen atoms in total. The average Bonchev–Trinajstić information content (AvgIpc) is 2.63. The number of halogens is 3. The van der Waals surface area contributed by atoms with Gasteiger partial charge in [-0.2, -0.15) is 13.2 Å². The van der Waals surface area contributed by atoms with Gasteiger partial charge in [0.25, 0.3) is 0 Å². The number of phenolic OH excluding ortho intramolecular Hbond substituents is 1. The van der Waals surface area contributed by atoms with Gasteiger partial charge >= 0.3 is 6.18 Å². The number of hydrogen-bond acceptors (Lipinski definition) is 5. The van der Waals surface area contributed by atoms with Crippen molar-refractivity contribution in [3.63, 3.8) is 0 Å². The lowest BCUT2D eigenvalue weighted by atomic mass is 9.99. The van der Waals surface area contributed by atoms with E-state index in [4.69, 9.17) is 5.73 Å². The molecule has 3 rings (SSSR count). The first-order chi connectivity index (χ1) is 14.0. The largest absolute Gasteiger partial charge is 0.507 e. The van der Waals surface area contributed by atoms with Gasteiger partial charge in [0.2, 0.25) is 5.91 Å². The molecule has 2 aromatic rings. The number of carbonyl (C=O) groups excluding carboxylic acids is 1. The first-order valence-corrected chi connectivity index (χ1v) is 9.43. The van der Waals surface area contributed by atoms with Crippen LogP contribution in [0.1, 0.15) is 36.5 Å². The fourth-order valence-electron chi connectivity index (χ4n) is 3.62. The molecule has 0 unspecified atom stereocenters. The van der Waals surface area contributed by atoms with Gasteiger partial charge in [0.05, 0.1) is 17.3 Å². The zero-order valence-corrected chi connectivity index (χ0v) is 16.9. The summed E-state index contributed by atoms with van der Waals surface area (Å²) in [5.41, 5.74) is 7.14. The predicted octanol–water partition coefficient (Wildman–Crippen LogP) is 3.79. The van der Waals surface area contributed by atoms with Gasteiger partial charge in [-0.1, -0.05) is 0 Å². The van der Waals surface area contributed by atoms with E-state index >= 15 is 0 Å². The lowest BCUT2D eigenvalue weighted by molar-refractivity contribution is -0.137. The number of carbonyl (C=O) groups is 1. The minimum atomic E-state index is -4.55. The number of amides is 1. The summed E-state index contributed by atoms with van der Waals surface area (Å²) in [7, 11) is 1.74. The van der Waals surface area contributed by atoms with Crippen LogP contribution >= 0.6 is 0 Å². The third-order valence-electron chi connectivity index (χ3n) is 5.19. The highest BCUT2D eigenvalue weighted by molar-refractivity contribution is 6.03. The Morgan fingerprint density at radius 3 is 2.60 bits per heavy atom. The van der Waals surface area contributed by atoms with E-state index in [0.29, 0.717) is 36.7 Å². The molecule has 9 heteroatoms. The van der Waals surface area contributed by atoms with E-state index in [2.05, 4.69) is 9.98 Å². The molecule has 2 heterocycles. The van der Waals surface area contributed by atoms with Crippen LogP contribution in [-0.4, -0.2) is 46.2 Å². The summed E-state index contributed by atoms with van der Waals surface area (Å²) < 4.78 is 38.8. The number of rotatable bonds is 3. The monoisotopic (exact) mass is 420 g/mol. The van der Waals surface area contributed by atoms with Crippen LogP contribution in [0.4, 0.5) is 19.0 Å². The number of likely N-dealkylation sites (tertiary alicyclic amines) is 1. The Morgan fingerprint density at radius 2 is 2.03 bits per heavy atom. The Labute approximate surface area is 172 Å². The van der Waals surface area contributed by atoms with Crippen LogP contribution in [0.2, 0.25) is 0 Å². The van der Waals surface area contributed by atoms with E-state index in [1.807, 2.05) is 0 Å². The molecule has 1 amide bonds. The molecular weight excluding hydrogens is 397 g/mol. The van der Waals surface area contributed by atoms with Gasteiger partial charge in [-0.05, 0) is 50.1 Å². The van der Waals surface area contributed by atoms with Crippen LogP contribution in [-0.2, 0) is 11.0 Å². The molecule has 1 aromatic heterocycles. The summed E-state index contributed by atoms with van der Waals surface area (Å²) in [6.07, 6.45) is -3.45. The topological polar surface area (TPSA) is 91.8 Å². The van der Waals surface area contributed by atoms with Crippen molar-refractivity contribution in [1.82, 2.24) is 9.88 Å². The smallest absolute Gasteiger partial charge is 0.416 e. The maximum atomic E-state index is 12.9. The summed E-state index contributed by atoms with van der Waals surface area (Å²) in [6.45, 7) is 3.80. The normalized spacial score (nSPS) is 18.1. The van der Waals surface area contributed by atoms with Crippen molar-refractivity contribution in [3.05, 3.63) is 41.0 Å². The van der Waals surface area contributed by atoms with Crippen LogP contribution in [0.5, 0.6) is 5.75 Å². The number of aromatic hydroxyl groups is 1. The highest BCUT2D eigenvalue weighted by Gasteiger charge is 2.32. The summed E-state index contributed by atoms with van der Waals surface area (Å²) in [4.78, 5) is 22.2. The van der Waals surface area contributed by atoms with Gasteiger partial charge in [0.1, 0.15) is 11.6 Å². The first kappa shape index (κ1) is 21.6. The van der Waals surface area contributed by atoms with E-state index in [9.17, 15) is 23.1 Å². The van der Waals surface area contributed by atoms with E-state index < -0.39 is 17.5 Å². The Bertz CT molecular complexity index is 995. The molecule has 1 aliphatic rings. The molecule has 0 aliphatic carbocycles. The zero-order chi connectivity index (χ0) is 22.2. The molecular formula is C21H23F3N4O2. The summed E-state index contributed by atoms with van der Waals surface area (Å²) >= 11 is 0. The second-order valence-electron chi connectivity index (χ2n) is 7.50.